The minimum Gasteiger partial charge on any atom is -0.497 e. The first-order valence-electron chi connectivity index (χ1n) is 5.74. The summed E-state index contributed by atoms with van der Waals surface area (Å²) in [6.45, 7) is 0.480. The number of hydrogen-bond donors (Lipinski definition) is 1. The molecule has 0 unspecified atom stereocenters. The number of carbonyl (C=O) groups is 1. The van der Waals surface area contributed by atoms with Gasteiger partial charge in [0.05, 0.1) is 19.2 Å². The van der Waals surface area contributed by atoms with Crippen molar-refractivity contribution in [3.63, 3.8) is 0 Å². The third-order valence-electron chi connectivity index (χ3n) is 2.64. The molecule has 0 saturated carbocycles. The Labute approximate surface area is 118 Å². The number of methoxy groups -OCH3 is 2. The molecular formula is C13H18N2O3S. The molecule has 0 heterocycles. The second-order valence-electron chi connectivity index (χ2n) is 4.04. The smallest absolute Gasteiger partial charge is 0.253 e. The fourth-order valence-electron chi connectivity index (χ4n) is 1.53. The predicted octanol–water partition coefficient (Wildman–Crippen LogP) is 1.45. The maximum atomic E-state index is 12.2. The summed E-state index contributed by atoms with van der Waals surface area (Å²) in [4.78, 5) is 14.2. The van der Waals surface area contributed by atoms with Crippen LogP contribution >= 0.6 is 12.2 Å². The molecule has 104 valence electrons. The van der Waals surface area contributed by atoms with Gasteiger partial charge in [-0.2, -0.15) is 0 Å². The number of carbonyl (C=O) groups excluding carboxylic acids is 1. The number of hydrogen-bond acceptors (Lipinski definition) is 4. The standard InChI is InChI=1S/C13H18N2O3S/c1-15(5-4-12(14)19)13(16)9-6-10(17-2)8-11(7-9)18-3/h6-8H,4-5H2,1-3H3,(H2,14,19). The normalized spacial score (nSPS) is 9.84. The number of thiocarbonyl (C=S) groups is 1. The Balaban J connectivity index is 2.88. The highest BCUT2D eigenvalue weighted by atomic mass is 32.1. The molecule has 0 radical (unpaired) electrons. The molecular weight excluding hydrogens is 264 g/mol. The molecule has 0 saturated heterocycles. The van der Waals surface area contributed by atoms with E-state index in [1.807, 2.05) is 0 Å². The van der Waals surface area contributed by atoms with Crippen molar-refractivity contribution >= 4 is 23.1 Å². The SMILES string of the molecule is COc1cc(OC)cc(C(=O)N(C)CCC(N)=S)c1. The van der Waals surface area contributed by atoms with Gasteiger partial charge in [0.25, 0.3) is 5.91 Å². The molecule has 0 bridgehead atoms. The van der Waals surface area contributed by atoms with Crippen molar-refractivity contribution in [2.45, 2.75) is 6.42 Å². The first-order valence-corrected chi connectivity index (χ1v) is 6.15. The van der Waals surface area contributed by atoms with E-state index in [1.54, 1.807) is 44.4 Å². The average Bonchev–Trinajstić information content (AvgIpc) is 2.42. The van der Waals surface area contributed by atoms with E-state index >= 15 is 0 Å². The third-order valence-corrected chi connectivity index (χ3v) is 2.84. The molecule has 1 aromatic rings. The van der Waals surface area contributed by atoms with Gasteiger partial charge < -0.3 is 20.1 Å². The van der Waals surface area contributed by atoms with Gasteiger partial charge in [0.2, 0.25) is 0 Å². The zero-order chi connectivity index (χ0) is 14.4. The zero-order valence-electron chi connectivity index (χ0n) is 11.3. The van der Waals surface area contributed by atoms with Crippen molar-refractivity contribution in [3.05, 3.63) is 23.8 Å². The highest BCUT2D eigenvalue weighted by molar-refractivity contribution is 7.80. The van der Waals surface area contributed by atoms with Crippen LogP contribution in [0.25, 0.3) is 0 Å². The molecule has 19 heavy (non-hydrogen) atoms. The lowest BCUT2D eigenvalue weighted by molar-refractivity contribution is 0.0798. The monoisotopic (exact) mass is 282 g/mol. The Hall–Kier alpha value is -1.82. The van der Waals surface area contributed by atoms with Gasteiger partial charge in [0.15, 0.2) is 0 Å². The van der Waals surface area contributed by atoms with Crippen LogP contribution in [0.2, 0.25) is 0 Å². The first kappa shape index (κ1) is 15.2. The van der Waals surface area contributed by atoms with Crippen LogP contribution in [-0.2, 0) is 0 Å². The van der Waals surface area contributed by atoms with Crippen LogP contribution in [0.15, 0.2) is 18.2 Å². The van der Waals surface area contributed by atoms with Crippen molar-refractivity contribution in [1.82, 2.24) is 4.90 Å². The quantitative estimate of drug-likeness (QED) is 0.800. The fourth-order valence-corrected chi connectivity index (χ4v) is 1.62. The molecule has 0 aliphatic heterocycles. The van der Waals surface area contributed by atoms with Gasteiger partial charge in [-0.3, -0.25) is 4.79 Å². The summed E-state index contributed by atoms with van der Waals surface area (Å²) in [5.74, 6) is 1.02. The van der Waals surface area contributed by atoms with Crippen molar-refractivity contribution in [1.29, 1.82) is 0 Å². The molecule has 1 amide bonds. The Bertz CT molecular complexity index is 455. The van der Waals surface area contributed by atoms with Crippen molar-refractivity contribution < 1.29 is 14.3 Å². The average molecular weight is 282 g/mol. The molecule has 0 aliphatic carbocycles. The summed E-state index contributed by atoms with van der Waals surface area (Å²) in [6.07, 6.45) is 0.499. The number of ether oxygens (including phenoxy) is 2. The van der Waals surface area contributed by atoms with Crippen LogP contribution in [0, 0.1) is 0 Å². The highest BCUT2D eigenvalue weighted by Gasteiger charge is 2.14. The van der Waals surface area contributed by atoms with E-state index in [1.165, 1.54) is 0 Å². The predicted molar refractivity (Wildman–Crippen MR) is 77.9 cm³/mol. The van der Waals surface area contributed by atoms with Gasteiger partial charge in [-0.25, -0.2) is 0 Å². The largest absolute Gasteiger partial charge is 0.497 e. The summed E-state index contributed by atoms with van der Waals surface area (Å²) in [7, 11) is 4.78. The van der Waals surface area contributed by atoms with Gasteiger partial charge in [-0.1, -0.05) is 12.2 Å². The van der Waals surface area contributed by atoms with Gasteiger partial charge in [0.1, 0.15) is 11.5 Å². The van der Waals surface area contributed by atoms with Crippen LogP contribution in [0.1, 0.15) is 16.8 Å². The van der Waals surface area contributed by atoms with Crippen LogP contribution in [-0.4, -0.2) is 43.6 Å². The summed E-state index contributed by atoms with van der Waals surface area (Å²) in [5.41, 5.74) is 5.93. The number of benzene rings is 1. The maximum Gasteiger partial charge on any atom is 0.253 e. The van der Waals surface area contributed by atoms with E-state index in [-0.39, 0.29) is 5.91 Å². The van der Waals surface area contributed by atoms with E-state index in [0.29, 0.717) is 35.0 Å². The lowest BCUT2D eigenvalue weighted by Crippen LogP contribution is -2.30. The highest BCUT2D eigenvalue weighted by Crippen LogP contribution is 2.23. The molecule has 2 N–H and O–H groups in total. The Morgan fingerprint density at radius 1 is 1.26 bits per heavy atom. The van der Waals surface area contributed by atoms with Gasteiger partial charge in [-0.15, -0.1) is 0 Å². The molecule has 1 aromatic carbocycles. The van der Waals surface area contributed by atoms with E-state index in [9.17, 15) is 4.79 Å². The van der Waals surface area contributed by atoms with Gasteiger partial charge >= 0.3 is 0 Å². The molecule has 5 nitrogen and oxygen atoms in total. The van der Waals surface area contributed by atoms with E-state index in [2.05, 4.69) is 0 Å². The summed E-state index contributed by atoms with van der Waals surface area (Å²) in [5, 5.41) is 0. The van der Waals surface area contributed by atoms with Crippen LogP contribution in [0.4, 0.5) is 0 Å². The second-order valence-corrected chi connectivity index (χ2v) is 4.57. The molecule has 0 spiro atoms. The van der Waals surface area contributed by atoms with Gasteiger partial charge in [-0.05, 0) is 12.1 Å². The lowest BCUT2D eigenvalue weighted by Gasteiger charge is -2.17. The van der Waals surface area contributed by atoms with Crippen molar-refractivity contribution in [3.8, 4) is 11.5 Å². The van der Waals surface area contributed by atoms with Crippen molar-refractivity contribution in [2.24, 2.45) is 5.73 Å². The minimum absolute atomic E-state index is 0.131. The molecule has 0 fully saturated rings. The summed E-state index contributed by atoms with van der Waals surface area (Å²) < 4.78 is 10.3. The zero-order valence-corrected chi connectivity index (χ0v) is 12.1. The minimum atomic E-state index is -0.131. The molecule has 0 atom stereocenters. The topological polar surface area (TPSA) is 64.8 Å². The molecule has 0 aliphatic rings. The maximum absolute atomic E-state index is 12.2. The number of rotatable bonds is 6. The number of amides is 1. The van der Waals surface area contributed by atoms with Crippen molar-refractivity contribution in [2.75, 3.05) is 27.8 Å². The number of nitrogens with zero attached hydrogens (tertiary/aromatic N) is 1. The van der Waals surface area contributed by atoms with E-state index < -0.39 is 0 Å². The van der Waals surface area contributed by atoms with Crippen LogP contribution in [0.5, 0.6) is 11.5 Å². The second kappa shape index (κ2) is 6.94. The summed E-state index contributed by atoms with van der Waals surface area (Å²) >= 11 is 4.80. The van der Waals surface area contributed by atoms with Crippen LogP contribution < -0.4 is 15.2 Å². The molecule has 1 rings (SSSR count). The molecule has 0 aromatic heterocycles. The Morgan fingerprint density at radius 3 is 2.21 bits per heavy atom. The first-order chi connectivity index (χ1) is 8.97. The number of nitrogens with two attached hydrogens (primary N) is 1. The Morgan fingerprint density at radius 2 is 1.79 bits per heavy atom. The summed E-state index contributed by atoms with van der Waals surface area (Å²) in [6, 6.07) is 5.05. The van der Waals surface area contributed by atoms with E-state index in [0.717, 1.165) is 0 Å². The third kappa shape index (κ3) is 4.40. The lowest BCUT2D eigenvalue weighted by atomic mass is 10.1. The molecule has 6 heteroatoms. The Kier molecular flexibility index (Phi) is 5.57. The fraction of sp³-hybridized carbons (Fsp3) is 0.385. The van der Waals surface area contributed by atoms with Gasteiger partial charge in [0, 0.05) is 31.6 Å². The van der Waals surface area contributed by atoms with E-state index in [4.69, 9.17) is 27.4 Å². The van der Waals surface area contributed by atoms with Crippen LogP contribution in [0.3, 0.4) is 0 Å².